The highest BCUT2D eigenvalue weighted by Crippen LogP contribution is 2.22. The van der Waals surface area contributed by atoms with Crippen molar-refractivity contribution in [2.24, 2.45) is 0 Å². The van der Waals surface area contributed by atoms with E-state index < -0.39 is 6.10 Å². The Kier molecular flexibility index (Phi) is 4.32. The second-order valence-electron chi connectivity index (χ2n) is 4.72. The van der Waals surface area contributed by atoms with Crippen molar-refractivity contribution in [1.29, 1.82) is 0 Å². The zero-order valence-electron chi connectivity index (χ0n) is 10.0. The summed E-state index contributed by atoms with van der Waals surface area (Å²) in [5, 5.41) is 10.2. The maximum atomic E-state index is 12.8. The first-order chi connectivity index (χ1) is 8.25. The first kappa shape index (κ1) is 12.3. The van der Waals surface area contributed by atoms with Gasteiger partial charge in [-0.3, -0.25) is 0 Å². The minimum Gasteiger partial charge on any atom is -0.388 e. The molecule has 0 amide bonds. The number of hydrogen-bond donors (Lipinski definition) is 1. The number of hydrogen-bond acceptors (Lipinski definition) is 1. The van der Waals surface area contributed by atoms with Crippen molar-refractivity contribution in [3.05, 3.63) is 47.3 Å². The van der Waals surface area contributed by atoms with E-state index in [0.717, 1.165) is 24.0 Å². The van der Waals surface area contributed by atoms with Crippen LogP contribution in [0.3, 0.4) is 0 Å². The number of aliphatic hydroxyl groups is 1. The van der Waals surface area contributed by atoms with E-state index >= 15 is 0 Å². The van der Waals surface area contributed by atoms with E-state index in [4.69, 9.17) is 0 Å². The molecule has 1 atom stereocenters. The van der Waals surface area contributed by atoms with Gasteiger partial charge >= 0.3 is 0 Å². The van der Waals surface area contributed by atoms with Gasteiger partial charge in [0.15, 0.2) is 0 Å². The lowest BCUT2D eigenvalue weighted by atomic mass is 9.98. The summed E-state index contributed by atoms with van der Waals surface area (Å²) >= 11 is 0. The zero-order chi connectivity index (χ0) is 12.1. The molecule has 2 heteroatoms. The Hall–Kier alpha value is -1.15. The molecule has 1 aromatic carbocycles. The van der Waals surface area contributed by atoms with Crippen LogP contribution in [0.2, 0.25) is 0 Å². The second-order valence-corrected chi connectivity index (χ2v) is 4.72. The number of halogens is 1. The first-order valence-electron chi connectivity index (χ1n) is 6.37. The van der Waals surface area contributed by atoms with Gasteiger partial charge in [-0.25, -0.2) is 4.39 Å². The van der Waals surface area contributed by atoms with Gasteiger partial charge in [-0.05, 0) is 49.0 Å². The number of aliphatic hydroxyl groups excluding tert-OH is 1. The van der Waals surface area contributed by atoms with Gasteiger partial charge in [0.1, 0.15) is 5.82 Å². The van der Waals surface area contributed by atoms with Crippen LogP contribution in [0.25, 0.3) is 0 Å². The van der Waals surface area contributed by atoms with Crippen molar-refractivity contribution in [1.82, 2.24) is 0 Å². The normalized spacial score (nSPS) is 18.4. The lowest BCUT2D eigenvalue weighted by Crippen LogP contribution is -2.13. The van der Waals surface area contributed by atoms with E-state index in [0.29, 0.717) is 6.42 Å². The lowest BCUT2D eigenvalue weighted by Gasteiger charge is -2.14. The van der Waals surface area contributed by atoms with Crippen LogP contribution in [0.1, 0.15) is 37.7 Å². The minimum absolute atomic E-state index is 0.225. The maximum absolute atomic E-state index is 12.8. The molecule has 0 saturated carbocycles. The number of allylic oxidation sites excluding steroid dienone is 1. The largest absolute Gasteiger partial charge is 0.388 e. The monoisotopic (exact) mass is 234 g/mol. The van der Waals surface area contributed by atoms with Crippen LogP contribution in [-0.2, 0) is 6.42 Å². The highest BCUT2D eigenvalue weighted by atomic mass is 19.1. The molecule has 0 heterocycles. The Balaban J connectivity index is 1.98. The lowest BCUT2D eigenvalue weighted by molar-refractivity contribution is 0.206. The van der Waals surface area contributed by atoms with Gasteiger partial charge in [0.25, 0.3) is 0 Å². The van der Waals surface area contributed by atoms with E-state index in [1.54, 1.807) is 12.1 Å². The quantitative estimate of drug-likeness (QED) is 0.792. The van der Waals surface area contributed by atoms with E-state index in [-0.39, 0.29) is 5.82 Å². The topological polar surface area (TPSA) is 20.2 Å². The van der Waals surface area contributed by atoms with Crippen LogP contribution < -0.4 is 0 Å². The van der Waals surface area contributed by atoms with Crippen LogP contribution in [0, 0.1) is 5.82 Å². The number of benzene rings is 1. The summed E-state index contributed by atoms with van der Waals surface area (Å²) in [5.74, 6) is -0.225. The molecule has 1 unspecified atom stereocenters. The summed E-state index contributed by atoms with van der Waals surface area (Å²) < 4.78 is 12.8. The Labute approximate surface area is 102 Å². The molecule has 1 N–H and O–H groups in total. The van der Waals surface area contributed by atoms with Crippen LogP contribution in [0.5, 0.6) is 0 Å². The molecule has 0 saturated heterocycles. The second kappa shape index (κ2) is 5.97. The van der Waals surface area contributed by atoms with Crippen LogP contribution in [0.15, 0.2) is 35.9 Å². The Morgan fingerprint density at radius 3 is 2.65 bits per heavy atom. The molecular formula is C15H19FO. The molecule has 92 valence electrons. The summed E-state index contributed by atoms with van der Waals surface area (Å²) in [7, 11) is 0. The van der Waals surface area contributed by atoms with E-state index in [1.807, 2.05) is 0 Å². The molecule has 1 aliphatic carbocycles. The molecule has 0 bridgehead atoms. The van der Waals surface area contributed by atoms with E-state index in [9.17, 15) is 9.50 Å². The molecule has 1 aliphatic rings. The fourth-order valence-corrected chi connectivity index (χ4v) is 2.32. The third-order valence-corrected chi connectivity index (χ3v) is 3.35. The maximum Gasteiger partial charge on any atom is 0.123 e. The zero-order valence-corrected chi connectivity index (χ0v) is 10.0. The highest BCUT2D eigenvalue weighted by Gasteiger charge is 2.13. The first-order valence-corrected chi connectivity index (χ1v) is 6.37. The molecule has 2 rings (SSSR count). The van der Waals surface area contributed by atoms with Gasteiger partial charge in [-0.1, -0.05) is 24.6 Å². The fourth-order valence-electron chi connectivity index (χ4n) is 2.32. The smallest absolute Gasteiger partial charge is 0.123 e. The van der Waals surface area contributed by atoms with Gasteiger partial charge in [0.05, 0.1) is 6.10 Å². The Bertz CT molecular complexity index is 380. The van der Waals surface area contributed by atoms with Crippen LogP contribution >= 0.6 is 0 Å². The summed E-state index contributed by atoms with van der Waals surface area (Å²) in [6.07, 6.45) is 8.10. The standard InChI is InChI=1S/C15H19FO/c16-14-9-7-12(8-10-14)11-15(17)13-5-3-1-2-4-6-13/h5,7-10,15,17H,1-4,6,11H2. The SMILES string of the molecule is OC(Cc1ccc(F)cc1)C1=CCCCCC1. The highest BCUT2D eigenvalue weighted by molar-refractivity contribution is 5.20. The molecule has 0 fully saturated rings. The predicted molar refractivity (Wildman–Crippen MR) is 67.3 cm³/mol. The molecule has 0 aliphatic heterocycles. The summed E-state index contributed by atoms with van der Waals surface area (Å²) in [5.41, 5.74) is 2.15. The van der Waals surface area contributed by atoms with Crippen LogP contribution in [-0.4, -0.2) is 11.2 Å². The summed E-state index contributed by atoms with van der Waals surface area (Å²) in [6.45, 7) is 0. The van der Waals surface area contributed by atoms with Crippen molar-refractivity contribution in [2.45, 2.75) is 44.6 Å². The third-order valence-electron chi connectivity index (χ3n) is 3.35. The molecule has 17 heavy (non-hydrogen) atoms. The summed E-state index contributed by atoms with van der Waals surface area (Å²) in [6, 6.07) is 6.39. The molecular weight excluding hydrogens is 215 g/mol. The third kappa shape index (κ3) is 3.67. The van der Waals surface area contributed by atoms with Gasteiger partial charge in [-0.15, -0.1) is 0 Å². The van der Waals surface area contributed by atoms with E-state index in [1.165, 1.54) is 31.4 Å². The molecule has 1 aromatic rings. The Morgan fingerprint density at radius 2 is 1.88 bits per heavy atom. The Morgan fingerprint density at radius 1 is 1.12 bits per heavy atom. The molecule has 0 aromatic heterocycles. The van der Waals surface area contributed by atoms with Crippen molar-refractivity contribution >= 4 is 0 Å². The molecule has 1 nitrogen and oxygen atoms in total. The van der Waals surface area contributed by atoms with Crippen molar-refractivity contribution in [3.8, 4) is 0 Å². The van der Waals surface area contributed by atoms with Crippen LogP contribution in [0.4, 0.5) is 4.39 Å². The average molecular weight is 234 g/mol. The minimum atomic E-state index is -0.404. The predicted octanol–water partition coefficient (Wildman–Crippen LogP) is 3.62. The number of rotatable bonds is 3. The van der Waals surface area contributed by atoms with Gasteiger partial charge in [0, 0.05) is 6.42 Å². The average Bonchev–Trinajstić information content (AvgIpc) is 2.61. The van der Waals surface area contributed by atoms with Crippen molar-refractivity contribution in [3.63, 3.8) is 0 Å². The van der Waals surface area contributed by atoms with Gasteiger partial charge in [0.2, 0.25) is 0 Å². The van der Waals surface area contributed by atoms with Gasteiger partial charge in [-0.2, -0.15) is 0 Å². The fraction of sp³-hybridized carbons (Fsp3) is 0.467. The molecule has 0 radical (unpaired) electrons. The van der Waals surface area contributed by atoms with Gasteiger partial charge < -0.3 is 5.11 Å². The summed E-state index contributed by atoms with van der Waals surface area (Å²) in [4.78, 5) is 0. The van der Waals surface area contributed by atoms with Crippen molar-refractivity contribution < 1.29 is 9.50 Å². The molecule has 0 spiro atoms. The van der Waals surface area contributed by atoms with Crippen molar-refractivity contribution in [2.75, 3.05) is 0 Å². The van der Waals surface area contributed by atoms with E-state index in [2.05, 4.69) is 6.08 Å².